The van der Waals surface area contributed by atoms with Crippen LogP contribution in [0.2, 0.25) is 0 Å². The van der Waals surface area contributed by atoms with Crippen molar-refractivity contribution in [3.8, 4) is 11.4 Å². The predicted molar refractivity (Wildman–Crippen MR) is 105 cm³/mol. The number of hydrogen-bond donors (Lipinski definition) is 3. The highest BCUT2D eigenvalue weighted by molar-refractivity contribution is 5.93. The monoisotopic (exact) mass is 398 g/mol. The minimum Gasteiger partial charge on any atom is -0.508 e. The first kappa shape index (κ1) is 18.9. The summed E-state index contributed by atoms with van der Waals surface area (Å²) >= 11 is 0. The second-order valence-electron chi connectivity index (χ2n) is 7.13. The highest BCUT2D eigenvalue weighted by Gasteiger charge is 2.27. The summed E-state index contributed by atoms with van der Waals surface area (Å²) in [7, 11) is 0. The number of carboxylic acids is 1. The van der Waals surface area contributed by atoms with Gasteiger partial charge in [-0.3, -0.25) is 4.79 Å². The van der Waals surface area contributed by atoms with Crippen molar-refractivity contribution in [1.29, 1.82) is 0 Å². The molecule has 4 N–H and O–H groups in total. The van der Waals surface area contributed by atoms with Crippen LogP contribution in [-0.2, 0) is 0 Å². The lowest BCUT2D eigenvalue weighted by molar-refractivity contribution is 0.0695. The number of fused-ring (bicyclic) bond motifs is 1. The Morgan fingerprint density at radius 1 is 1.31 bits per heavy atom. The van der Waals surface area contributed by atoms with E-state index in [1.165, 1.54) is 29.8 Å². The first-order valence-electron chi connectivity index (χ1n) is 9.06. The zero-order chi connectivity index (χ0) is 20.9. The van der Waals surface area contributed by atoms with Gasteiger partial charge < -0.3 is 25.4 Å². The summed E-state index contributed by atoms with van der Waals surface area (Å²) < 4.78 is 16.6. The lowest BCUT2D eigenvalue weighted by Gasteiger charge is -2.21. The number of phenolic OH excluding ortho intramolecular Hbond substituents is 1. The summed E-state index contributed by atoms with van der Waals surface area (Å²) in [5.74, 6) is -1.97. The summed E-state index contributed by atoms with van der Waals surface area (Å²) in [5, 5.41) is 18.9. The van der Waals surface area contributed by atoms with Gasteiger partial charge in [-0.2, -0.15) is 0 Å². The van der Waals surface area contributed by atoms with Gasteiger partial charge in [0.25, 0.3) is 0 Å². The summed E-state index contributed by atoms with van der Waals surface area (Å²) in [5.41, 5.74) is 5.29. The van der Waals surface area contributed by atoms with Gasteiger partial charge in [-0.25, -0.2) is 14.2 Å². The van der Waals surface area contributed by atoms with Crippen LogP contribution in [0.5, 0.6) is 5.75 Å². The molecule has 1 fully saturated rings. The van der Waals surface area contributed by atoms with E-state index in [9.17, 15) is 19.8 Å². The number of nitrogens with two attached hydrogens (primary N) is 1. The maximum absolute atomic E-state index is 15.1. The fourth-order valence-electron chi connectivity index (χ4n) is 3.63. The molecule has 1 saturated heterocycles. The van der Waals surface area contributed by atoms with E-state index in [1.54, 1.807) is 17.0 Å². The largest absolute Gasteiger partial charge is 0.508 e. The van der Waals surface area contributed by atoms with Crippen LogP contribution in [0.25, 0.3) is 16.7 Å². The Bertz CT molecular complexity index is 1190. The molecule has 0 amide bonds. The molecule has 3 aromatic rings. The zero-order valence-electron chi connectivity index (χ0n) is 15.6. The van der Waals surface area contributed by atoms with Crippen LogP contribution < -0.4 is 16.1 Å². The van der Waals surface area contributed by atoms with E-state index in [1.807, 2.05) is 0 Å². The van der Waals surface area contributed by atoms with E-state index < -0.39 is 22.8 Å². The minimum absolute atomic E-state index is 0.0273. The third-order valence-corrected chi connectivity index (χ3v) is 5.18. The number of phenols is 1. The molecule has 0 spiro atoms. The quantitative estimate of drug-likeness (QED) is 0.615. The highest BCUT2D eigenvalue weighted by Crippen LogP contribution is 2.29. The van der Waals surface area contributed by atoms with Gasteiger partial charge in [0.05, 0.1) is 5.39 Å². The molecule has 9 heteroatoms. The predicted octanol–water partition coefficient (Wildman–Crippen LogP) is 1.77. The van der Waals surface area contributed by atoms with Crippen LogP contribution in [0.3, 0.4) is 0 Å². The average molecular weight is 398 g/mol. The molecule has 0 radical (unpaired) electrons. The number of aryl methyl sites for hydroxylation is 1. The number of aromatic hydroxyl groups is 1. The van der Waals surface area contributed by atoms with E-state index in [0.717, 1.165) is 0 Å². The van der Waals surface area contributed by atoms with E-state index in [2.05, 4.69) is 4.98 Å². The third kappa shape index (κ3) is 3.09. The molecular weight excluding hydrogens is 379 g/mol. The first-order chi connectivity index (χ1) is 13.8. The van der Waals surface area contributed by atoms with Crippen molar-refractivity contribution < 1.29 is 19.4 Å². The van der Waals surface area contributed by atoms with E-state index in [-0.39, 0.29) is 34.2 Å². The van der Waals surface area contributed by atoms with Crippen LogP contribution >= 0.6 is 0 Å². The van der Waals surface area contributed by atoms with Crippen molar-refractivity contribution in [2.24, 2.45) is 5.73 Å². The molecule has 0 bridgehead atoms. The first-order valence-corrected chi connectivity index (χ1v) is 9.06. The van der Waals surface area contributed by atoms with Gasteiger partial charge in [0.1, 0.15) is 11.3 Å². The topological polar surface area (TPSA) is 122 Å². The number of anilines is 1. The summed E-state index contributed by atoms with van der Waals surface area (Å²) in [4.78, 5) is 30.6. The lowest BCUT2D eigenvalue weighted by Crippen LogP contribution is -2.28. The van der Waals surface area contributed by atoms with Crippen molar-refractivity contribution in [2.45, 2.75) is 19.4 Å². The molecule has 1 aromatic carbocycles. The van der Waals surface area contributed by atoms with Crippen LogP contribution in [0, 0.1) is 12.7 Å². The Hall–Kier alpha value is -3.46. The van der Waals surface area contributed by atoms with Crippen LogP contribution in [0.15, 0.2) is 35.3 Å². The van der Waals surface area contributed by atoms with E-state index >= 15 is 4.39 Å². The number of aromatic nitrogens is 2. The molecule has 150 valence electrons. The Balaban J connectivity index is 2.08. The minimum atomic E-state index is -1.42. The number of carboxylic acid groups (broad SMARTS) is 1. The summed E-state index contributed by atoms with van der Waals surface area (Å²) in [6.45, 7) is 2.41. The number of benzene rings is 1. The highest BCUT2D eigenvalue weighted by atomic mass is 19.1. The van der Waals surface area contributed by atoms with Gasteiger partial charge >= 0.3 is 5.97 Å². The van der Waals surface area contributed by atoms with Crippen molar-refractivity contribution in [3.05, 3.63) is 57.6 Å². The number of pyridine rings is 2. The molecule has 2 aromatic heterocycles. The van der Waals surface area contributed by atoms with E-state index in [4.69, 9.17) is 5.73 Å². The average Bonchev–Trinajstić information content (AvgIpc) is 3.11. The smallest absolute Gasteiger partial charge is 0.341 e. The second-order valence-corrected chi connectivity index (χ2v) is 7.13. The number of hydrogen-bond acceptors (Lipinski definition) is 6. The number of rotatable bonds is 3. The normalized spacial score (nSPS) is 16.5. The number of aromatic carboxylic acids is 1. The van der Waals surface area contributed by atoms with Gasteiger partial charge in [-0.05, 0) is 37.6 Å². The Morgan fingerprint density at radius 2 is 2.00 bits per heavy atom. The molecule has 1 aliphatic rings. The lowest BCUT2D eigenvalue weighted by atomic mass is 10.1. The number of nitrogens with zero attached hydrogens (tertiary/aromatic N) is 3. The van der Waals surface area contributed by atoms with Crippen LogP contribution in [-0.4, -0.2) is 44.9 Å². The fraction of sp³-hybridized carbons (Fsp3) is 0.250. The van der Waals surface area contributed by atoms with Crippen molar-refractivity contribution in [3.63, 3.8) is 0 Å². The molecule has 0 saturated carbocycles. The molecule has 3 heterocycles. The molecule has 29 heavy (non-hydrogen) atoms. The molecule has 8 nitrogen and oxygen atoms in total. The van der Waals surface area contributed by atoms with Gasteiger partial charge in [-0.1, -0.05) is 0 Å². The van der Waals surface area contributed by atoms with E-state index in [0.29, 0.717) is 25.2 Å². The molecule has 0 aliphatic carbocycles. The number of halogens is 1. The number of carbonyl (C=O) groups is 1. The maximum Gasteiger partial charge on any atom is 0.341 e. The standard InChI is InChI=1S/C20H19FN4O4/c1-10-15-17(27)14(20(28)29)9-25(12-2-4-13(26)5-3-12)18(15)23-19(16(10)21)24-7-6-11(22)8-24/h2-5,9,11,26H,6-8,22H2,1H3,(H,28,29)/t11-/m0/s1. The molecule has 0 unspecified atom stereocenters. The summed E-state index contributed by atoms with van der Waals surface area (Å²) in [6, 6.07) is 5.86. The fourth-order valence-corrected chi connectivity index (χ4v) is 3.63. The SMILES string of the molecule is Cc1c(F)c(N2CC[C@H](N)C2)nc2c1c(=O)c(C(=O)O)cn2-c1ccc(O)cc1. The van der Waals surface area contributed by atoms with Crippen molar-refractivity contribution in [1.82, 2.24) is 9.55 Å². The molecule has 4 rings (SSSR count). The second kappa shape index (κ2) is 6.85. The maximum atomic E-state index is 15.1. The molecule has 1 aliphatic heterocycles. The third-order valence-electron chi connectivity index (χ3n) is 5.18. The van der Waals surface area contributed by atoms with Gasteiger partial charge in [-0.15, -0.1) is 0 Å². The van der Waals surface area contributed by atoms with Crippen molar-refractivity contribution >= 4 is 22.8 Å². The van der Waals surface area contributed by atoms with Crippen molar-refractivity contribution in [2.75, 3.05) is 18.0 Å². The van der Waals surface area contributed by atoms with Crippen LogP contribution in [0.4, 0.5) is 10.2 Å². The summed E-state index contributed by atoms with van der Waals surface area (Å²) in [6.07, 6.45) is 1.87. The Morgan fingerprint density at radius 3 is 2.59 bits per heavy atom. The van der Waals surface area contributed by atoms with Crippen LogP contribution in [0.1, 0.15) is 22.3 Å². The van der Waals surface area contributed by atoms with Gasteiger partial charge in [0, 0.05) is 36.6 Å². The Labute approximate surface area is 164 Å². The van der Waals surface area contributed by atoms with Gasteiger partial charge in [0.2, 0.25) is 5.43 Å². The Kier molecular flexibility index (Phi) is 4.46. The van der Waals surface area contributed by atoms with Gasteiger partial charge in [0.15, 0.2) is 17.3 Å². The molecule has 1 atom stereocenters. The molecular formula is C20H19FN4O4. The zero-order valence-corrected chi connectivity index (χ0v) is 15.6.